The van der Waals surface area contributed by atoms with E-state index in [4.69, 9.17) is 9.47 Å². The van der Waals surface area contributed by atoms with E-state index in [0.717, 1.165) is 17.9 Å². The van der Waals surface area contributed by atoms with Gasteiger partial charge in [0, 0.05) is 12.8 Å². The molecule has 4 heteroatoms. The number of ether oxygens (including phenoxy) is 2. The zero-order valence-electron chi connectivity index (χ0n) is 11.3. The van der Waals surface area contributed by atoms with E-state index in [1.807, 2.05) is 26.2 Å². The Balaban J connectivity index is 2.19. The van der Waals surface area contributed by atoms with Crippen molar-refractivity contribution in [2.45, 2.75) is 31.9 Å². The molecule has 0 aromatic carbocycles. The van der Waals surface area contributed by atoms with E-state index < -0.39 is 0 Å². The molecule has 2 unspecified atom stereocenters. The molecule has 0 aliphatic heterocycles. The molecule has 1 fully saturated rings. The molecule has 0 spiro atoms. The van der Waals surface area contributed by atoms with E-state index >= 15 is 0 Å². The fourth-order valence-corrected chi connectivity index (χ4v) is 2.36. The van der Waals surface area contributed by atoms with Crippen LogP contribution in [0.5, 0.6) is 5.75 Å². The number of methoxy groups -OCH3 is 1. The Kier molecular flexibility index (Phi) is 4.55. The standard InChI is InChI=1S/C14H22N2O2/c1-4-18-14(10-5-6-10)13(15-2)11-7-12(17-3)9-16-8-11/h7-10,13-15H,4-6H2,1-3H3. The van der Waals surface area contributed by atoms with Crippen LogP contribution in [-0.4, -0.2) is 31.9 Å². The number of pyridine rings is 1. The van der Waals surface area contributed by atoms with E-state index in [1.54, 1.807) is 13.3 Å². The molecule has 0 radical (unpaired) electrons. The molecule has 0 saturated heterocycles. The van der Waals surface area contributed by atoms with Crippen LogP contribution in [0, 0.1) is 5.92 Å². The van der Waals surface area contributed by atoms with Crippen molar-refractivity contribution in [3.63, 3.8) is 0 Å². The normalized spacial score (nSPS) is 18.4. The highest BCUT2D eigenvalue weighted by Crippen LogP contribution is 2.40. The van der Waals surface area contributed by atoms with Crippen molar-refractivity contribution in [2.75, 3.05) is 20.8 Å². The van der Waals surface area contributed by atoms with Crippen molar-refractivity contribution >= 4 is 0 Å². The van der Waals surface area contributed by atoms with E-state index in [0.29, 0.717) is 5.92 Å². The first-order chi connectivity index (χ1) is 8.80. The van der Waals surface area contributed by atoms with Gasteiger partial charge in [0.25, 0.3) is 0 Å². The van der Waals surface area contributed by atoms with Gasteiger partial charge >= 0.3 is 0 Å². The molecule has 1 aliphatic carbocycles. The Morgan fingerprint density at radius 1 is 1.44 bits per heavy atom. The largest absolute Gasteiger partial charge is 0.495 e. The molecule has 1 N–H and O–H groups in total. The quantitative estimate of drug-likeness (QED) is 0.805. The van der Waals surface area contributed by atoms with Gasteiger partial charge in [0.1, 0.15) is 5.75 Å². The molecule has 2 rings (SSSR count). The van der Waals surface area contributed by atoms with Gasteiger partial charge in [-0.1, -0.05) is 0 Å². The zero-order chi connectivity index (χ0) is 13.0. The molecule has 1 aliphatic rings. The van der Waals surface area contributed by atoms with Crippen molar-refractivity contribution in [3.8, 4) is 5.75 Å². The van der Waals surface area contributed by atoms with Crippen LogP contribution in [0.25, 0.3) is 0 Å². The smallest absolute Gasteiger partial charge is 0.137 e. The third-order valence-electron chi connectivity index (χ3n) is 3.41. The number of likely N-dealkylation sites (N-methyl/N-ethyl adjacent to an activating group) is 1. The highest BCUT2D eigenvalue weighted by Gasteiger charge is 2.37. The summed E-state index contributed by atoms with van der Waals surface area (Å²) in [6.07, 6.45) is 6.37. The summed E-state index contributed by atoms with van der Waals surface area (Å²) in [7, 11) is 3.63. The molecule has 1 saturated carbocycles. The van der Waals surface area contributed by atoms with Gasteiger partial charge in [0.05, 0.1) is 25.5 Å². The van der Waals surface area contributed by atoms with Gasteiger partial charge in [0.15, 0.2) is 0 Å². The highest BCUT2D eigenvalue weighted by molar-refractivity contribution is 5.27. The van der Waals surface area contributed by atoms with Crippen molar-refractivity contribution in [2.24, 2.45) is 5.92 Å². The summed E-state index contributed by atoms with van der Waals surface area (Å²) in [5.41, 5.74) is 1.13. The lowest BCUT2D eigenvalue weighted by atomic mass is 9.99. The maximum atomic E-state index is 5.92. The van der Waals surface area contributed by atoms with Crippen molar-refractivity contribution in [1.82, 2.24) is 10.3 Å². The van der Waals surface area contributed by atoms with Crippen LogP contribution in [-0.2, 0) is 4.74 Å². The van der Waals surface area contributed by atoms with Gasteiger partial charge < -0.3 is 14.8 Å². The maximum absolute atomic E-state index is 5.92. The van der Waals surface area contributed by atoms with Gasteiger partial charge in [-0.15, -0.1) is 0 Å². The zero-order valence-corrected chi connectivity index (χ0v) is 11.3. The first kappa shape index (κ1) is 13.3. The van der Waals surface area contributed by atoms with Crippen LogP contribution in [0.2, 0.25) is 0 Å². The Hall–Kier alpha value is -1.13. The van der Waals surface area contributed by atoms with Gasteiger partial charge in [0.2, 0.25) is 0 Å². The van der Waals surface area contributed by atoms with E-state index in [1.165, 1.54) is 12.8 Å². The lowest BCUT2D eigenvalue weighted by molar-refractivity contribution is 0.0203. The van der Waals surface area contributed by atoms with Crippen molar-refractivity contribution in [1.29, 1.82) is 0 Å². The Bertz CT molecular complexity index is 380. The number of aromatic nitrogens is 1. The fraction of sp³-hybridized carbons (Fsp3) is 0.643. The second-order valence-corrected chi connectivity index (χ2v) is 4.68. The van der Waals surface area contributed by atoms with E-state index in [9.17, 15) is 0 Å². The van der Waals surface area contributed by atoms with Gasteiger partial charge in [-0.25, -0.2) is 0 Å². The topological polar surface area (TPSA) is 43.4 Å². The van der Waals surface area contributed by atoms with Crippen molar-refractivity contribution < 1.29 is 9.47 Å². The molecule has 1 aromatic rings. The SMILES string of the molecule is CCOC(C1CC1)C(NC)c1cncc(OC)c1. The van der Waals surface area contributed by atoms with Crippen LogP contribution in [0.3, 0.4) is 0 Å². The number of nitrogens with zero attached hydrogens (tertiary/aromatic N) is 1. The summed E-state index contributed by atoms with van der Waals surface area (Å²) < 4.78 is 11.1. The van der Waals surface area contributed by atoms with Crippen LogP contribution in [0.4, 0.5) is 0 Å². The average Bonchev–Trinajstić information content (AvgIpc) is 3.23. The summed E-state index contributed by atoms with van der Waals surface area (Å²) in [5, 5.41) is 3.36. The Labute approximate surface area is 109 Å². The van der Waals surface area contributed by atoms with E-state index in [2.05, 4.69) is 10.3 Å². The lowest BCUT2D eigenvalue weighted by Crippen LogP contribution is -2.33. The summed E-state index contributed by atoms with van der Waals surface area (Å²) in [6.45, 7) is 2.79. The Morgan fingerprint density at radius 2 is 2.22 bits per heavy atom. The predicted molar refractivity (Wildman–Crippen MR) is 70.7 cm³/mol. The molecular weight excluding hydrogens is 228 g/mol. The summed E-state index contributed by atoms with van der Waals surface area (Å²) in [5.74, 6) is 1.47. The molecule has 100 valence electrons. The second-order valence-electron chi connectivity index (χ2n) is 4.68. The highest BCUT2D eigenvalue weighted by atomic mass is 16.5. The molecule has 2 atom stereocenters. The molecule has 0 bridgehead atoms. The second kappa shape index (κ2) is 6.16. The van der Waals surface area contributed by atoms with E-state index in [-0.39, 0.29) is 12.1 Å². The molecule has 1 aromatic heterocycles. The Morgan fingerprint density at radius 3 is 2.78 bits per heavy atom. The van der Waals surface area contributed by atoms with Crippen LogP contribution >= 0.6 is 0 Å². The molecule has 0 amide bonds. The lowest BCUT2D eigenvalue weighted by Gasteiger charge is -2.27. The van der Waals surface area contributed by atoms with Crippen LogP contribution in [0.15, 0.2) is 18.5 Å². The van der Waals surface area contributed by atoms with Crippen molar-refractivity contribution in [3.05, 3.63) is 24.0 Å². The number of hydrogen-bond donors (Lipinski definition) is 1. The molecular formula is C14H22N2O2. The summed E-state index contributed by atoms with van der Waals surface area (Å²) in [6, 6.07) is 2.21. The predicted octanol–water partition coefficient (Wildman–Crippen LogP) is 2.17. The minimum absolute atomic E-state index is 0.181. The number of hydrogen-bond acceptors (Lipinski definition) is 4. The number of rotatable bonds is 7. The molecule has 4 nitrogen and oxygen atoms in total. The fourth-order valence-electron chi connectivity index (χ4n) is 2.36. The number of nitrogens with one attached hydrogen (secondary N) is 1. The van der Waals surface area contributed by atoms with Gasteiger partial charge in [-0.05, 0) is 44.4 Å². The molecule has 1 heterocycles. The summed E-state index contributed by atoms with van der Waals surface area (Å²) in [4.78, 5) is 4.23. The molecule has 18 heavy (non-hydrogen) atoms. The minimum atomic E-state index is 0.181. The summed E-state index contributed by atoms with van der Waals surface area (Å²) >= 11 is 0. The van der Waals surface area contributed by atoms with Crippen LogP contribution in [0.1, 0.15) is 31.4 Å². The van der Waals surface area contributed by atoms with Crippen LogP contribution < -0.4 is 10.1 Å². The first-order valence-corrected chi connectivity index (χ1v) is 6.58. The maximum Gasteiger partial charge on any atom is 0.137 e. The third kappa shape index (κ3) is 3.00. The third-order valence-corrected chi connectivity index (χ3v) is 3.41. The monoisotopic (exact) mass is 250 g/mol. The minimum Gasteiger partial charge on any atom is -0.495 e. The van der Waals surface area contributed by atoms with Gasteiger partial charge in [-0.3, -0.25) is 4.98 Å². The average molecular weight is 250 g/mol. The first-order valence-electron chi connectivity index (χ1n) is 6.58. The van der Waals surface area contributed by atoms with Gasteiger partial charge in [-0.2, -0.15) is 0 Å².